The molecule has 0 saturated carbocycles. The summed E-state index contributed by atoms with van der Waals surface area (Å²) in [7, 11) is 0. The molecule has 1 amide bonds. The third-order valence-electron chi connectivity index (χ3n) is 4.73. The van der Waals surface area contributed by atoms with Gasteiger partial charge in [0, 0.05) is 38.3 Å². The zero-order valence-corrected chi connectivity index (χ0v) is 17.4. The van der Waals surface area contributed by atoms with Crippen LogP contribution in [0, 0.1) is 6.92 Å². The van der Waals surface area contributed by atoms with Gasteiger partial charge in [-0.2, -0.15) is 5.10 Å². The standard InChI is InChI=1S/C21H24Cl2N4O/c1-16-5-7-17(8-6-16)14-26-9-11-27(12-10-26)15-20(28)25-24-13-18-3-2-4-19(22)21(18)23/h2-8,13H,9-12,14-15H2,1H3,(H,25,28)/b24-13-. The first kappa shape index (κ1) is 20.8. The van der Waals surface area contributed by atoms with Crippen LogP contribution >= 0.6 is 23.2 Å². The lowest BCUT2D eigenvalue weighted by Gasteiger charge is -2.34. The van der Waals surface area contributed by atoms with E-state index in [0.717, 1.165) is 32.7 Å². The van der Waals surface area contributed by atoms with Gasteiger partial charge in [0.25, 0.3) is 5.91 Å². The molecule has 0 radical (unpaired) electrons. The van der Waals surface area contributed by atoms with E-state index in [2.05, 4.69) is 51.5 Å². The van der Waals surface area contributed by atoms with E-state index in [0.29, 0.717) is 22.2 Å². The Labute approximate surface area is 175 Å². The lowest BCUT2D eigenvalue weighted by atomic mass is 10.1. The second-order valence-electron chi connectivity index (χ2n) is 6.97. The second-order valence-corrected chi connectivity index (χ2v) is 7.76. The summed E-state index contributed by atoms with van der Waals surface area (Å²) in [6.07, 6.45) is 1.51. The van der Waals surface area contributed by atoms with Crippen molar-refractivity contribution >= 4 is 35.3 Å². The van der Waals surface area contributed by atoms with Crippen molar-refractivity contribution in [1.82, 2.24) is 15.2 Å². The lowest BCUT2D eigenvalue weighted by Crippen LogP contribution is -2.48. The topological polar surface area (TPSA) is 47.9 Å². The van der Waals surface area contributed by atoms with Crippen LogP contribution in [-0.4, -0.2) is 54.6 Å². The highest BCUT2D eigenvalue weighted by Gasteiger charge is 2.18. The number of halogens is 2. The summed E-state index contributed by atoms with van der Waals surface area (Å²) in [6.45, 7) is 7.00. The molecule has 1 saturated heterocycles. The van der Waals surface area contributed by atoms with Gasteiger partial charge in [-0.05, 0) is 18.6 Å². The van der Waals surface area contributed by atoms with Gasteiger partial charge in [-0.15, -0.1) is 0 Å². The summed E-state index contributed by atoms with van der Waals surface area (Å²) in [4.78, 5) is 16.7. The molecule has 1 aliphatic rings. The van der Waals surface area contributed by atoms with Gasteiger partial charge in [0.2, 0.25) is 0 Å². The monoisotopic (exact) mass is 418 g/mol. The van der Waals surface area contributed by atoms with Gasteiger partial charge in [0.05, 0.1) is 22.8 Å². The minimum atomic E-state index is -0.138. The largest absolute Gasteiger partial charge is 0.297 e. The van der Waals surface area contributed by atoms with Crippen molar-refractivity contribution < 1.29 is 4.79 Å². The number of nitrogens with one attached hydrogen (secondary N) is 1. The molecule has 0 aromatic heterocycles. The number of carbonyl (C=O) groups is 1. The number of hydrogen-bond donors (Lipinski definition) is 1. The average Bonchev–Trinajstić information content (AvgIpc) is 2.68. The van der Waals surface area contributed by atoms with Crippen molar-refractivity contribution in [2.24, 2.45) is 5.10 Å². The van der Waals surface area contributed by atoms with Crippen LogP contribution in [0.5, 0.6) is 0 Å². The van der Waals surface area contributed by atoms with Gasteiger partial charge in [-0.1, -0.05) is 65.2 Å². The fourth-order valence-corrected chi connectivity index (χ4v) is 3.45. The zero-order chi connectivity index (χ0) is 19.9. The summed E-state index contributed by atoms with van der Waals surface area (Å²) in [5.41, 5.74) is 5.82. The molecule has 1 fully saturated rings. The fraction of sp³-hybridized carbons (Fsp3) is 0.333. The zero-order valence-electron chi connectivity index (χ0n) is 15.9. The normalized spacial score (nSPS) is 15.8. The summed E-state index contributed by atoms with van der Waals surface area (Å²) in [5.74, 6) is -0.138. The molecule has 2 aromatic rings. The van der Waals surface area contributed by atoms with Crippen LogP contribution in [0.3, 0.4) is 0 Å². The minimum Gasteiger partial charge on any atom is -0.297 e. The van der Waals surface area contributed by atoms with E-state index in [-0.39, 0.29) is 5.91 Å². The third kappa shape index (κ3) is 6.04. The number of carbonyl (C=O) groups excluding carboxylic acids is 1. The molecule has 148 valence electrons. The Balaban J connectivity index is 1.40. The van der Waals surface area contributed by atoms with E-state index in [1.165, 1.54) is 17.3 Å². The van der Waals surface area contributed by atoms with Crippen LogP contribution < -0.4 is 5.43 Å². The summed E-state index contributed by atoms with van der Waals surface area (Å²) >= 11 is 12.1. The Morgan fingerprint density at radius 3 is 2.46 bits per heavy atom. The van der Waals surface area contributed by atoms with E-state index in [1.54, 1.807) is 18.2 Å². The summed E-state index contributed by atoms with van der Waals surface area (Å²) in [5, 5.41) is 4.86. The summed E-state index contributed by atoms with van der Waals surface area (Å²) < 4.78 is 0. The average molecular weight is 419 g/mol. The van der Waals surface area contributed by atoms with Crippen LogP contribution in [0.4, 0.5) is 0 Å². The quantitative estimate of drug-likeness (QED) is 0.575. The molecule has 7 heteroatoms. The van der Waals surface area contributed by atoms with Crippen molar-refractivity contribution in [2.45, 2.75) is 13.5 Å². The van der Waals surface area contributed by atoms with E-state index in [1.807, 2.05) is 0 Å². The molecule has 0 unspecified atom stereocenters. The minimum absolute atomic E-state index is 0.138. The van der Waals surface area contributed by atoms with Crippen LogP contribution in [0.1, 0.15) is 16.7 Å². The van der Waals surface area contributed by atoms with E-state index in [9.17, 15) is 4.79 Å². The van der Waals surface area contributed by atoms with Crippen LogP contribution in [0.25, 0.3) is 0 Å². The third-order valence-corrected chi connectivity index (χ3v) is 5.57. The molecule has 0 aliphatic carbocycles. The van der Waals surface area contributed by atoms with Gasteiger partial charge in [-0.25, -0.2) is 5.43 Å². The van der Waals surface area contributed by atoms with E-state index in [4.69, 9.17) is 23.2 Å². The Bertz CT molecular complexity index is 831. The first-order valence-corrected chi connectivity index (χ1v) is 10.0. The van der Waals surface area contributed by atoms with Gasteiger partial charge in [0.15, 0.2) is 0 Å². The van der Waals surface area contributed by atoms with Gasteiger partial charge in [0.1, 0.15) is 0 Å². The van der Waals surface area contributed by atoms with Gasteiger partial charge >= 0.3 is 0 Å². The molecule has 3 rings (SSSR count). The number of hydrogen-bond acceptors (Lipinski definition) is 4. The molecule has 1 N–H and O–H groups in total. The van der Waals surface area contributed by atoms with Crippen molar-refractivity contribution in [3.05, 3.63) is 69.2 Å². The predicted octanol–water partition coefficient (Wildman–Crippen LogP) is 3.57. The Hall–Kier alpha value is -1.92. The van der Waals surface area contributed by atoms with Crippen molar-refractivity contribution in [3.8, 4) is 0 Å². The fourth-order valence-electron chi connectivity index (χ4n) is 3.09. The number of benzene rings is 2. The van der Waals surface area contributed by atoms with E-state index >= 15 is 0 Å². The highest BCUT2D eigenvalue weighted by molar-refractivity contribution is 6.43. The SMILES string of the molecule is Cc1ccc(CN2CCN(CC(=O)N/N=C\c3cccc(Cl)c3Cl)CC2)cc1. The molecule has 1 aliphatic heterocycles. The lowest BCUT2D eigenvalue weighted by molar-refractivity contribution is -0.122. The maximum atomic E-state index is 12.1. The highest BCUT2D eigenvalue weighted by Crippen LogP contribution is 2.24. The maximum absolute atomic E-state index is 12.1. The second kappa shape index (κ2) is 10.0. The maximum Gasteiger partial charge on any atom is 0.254 e. The number of rotatable bonds is 6. The van der Waals surface area contributed by atoms with Crippen LogP contribution in [0.15, 0.2) is 47.6 Å². The Morgan fingerprint density at radius 1 is 1.07 bits per heavy atom. The Kier molecular flexibility index (Phi) is 7.45. The molecule has 5 nitrogen and oxygen atoms in total. The first-order chi connectivity index (χ1) is 13.5. The smallest absolute Gasteiger partial charge is 0.254 e. The number of nitrogens with zero attached hydrogens (tertiary/aromatic N) is 3. The molecule has 0 spiro atoms. The number of piperazine rings is 1. The molecular weight excluding hydrogens is 395 g/mol. The van der Waals surface area contributed by atoms with Crippen LogP contribution in [0.2, 0.25) is 10.0 Å². The Morgan fingerprint density at radius 2 is 1.75 bits per heavy atom. The molecular formula is C21H24Cl2N4O. The van der Waals surface area contributed by atoms with E-state index < -0.39 is 0 Å². The van der Waals surface area contributed by atoms with Crippen LogP contribution in [-0.2, 0) is 11.3 Å². The molecule has 2 aromatic carbocycles. The van der Waals surface area contributed by atoms with Crippen molar-refractivity contribution in [3.63, 3.8) is 0 Å². The molecule has 0 bridgehead atoms. The molecule has 1 heterocycles. The van der Waals surface area contributed by atoms with Gasteiger partial charge in [-0.3, -0.25) is 14.6 Å². The van der Waals surface area contributed by atoms with Gasteiger partial charge < -0.3 is 0 Å². The highest BCUT2D eigenvalue weighted by atomic mass is 35.5. The number of amides is 1. The van der Waals surface area contributed by atoms with Crippen molar-refractivity contribution in [1.29, 1.82) is 0 Å². The molecule has 0 atom stereocenters. The summed E-state index contributed by atoms with van der Waals surface area (Å²) in [6, 6.07) is 13.9. The van der Waals surface area contributed by atoms with Crippen molar-refractivity contribution in [2.75, 3.05) is 32.7 Å². The molecule has 28 heavy (non-hydrogen) atoms. The number of aryl methyl sites for hydroxylation is 1. The first-order valence-electron chi connectivity index (χ1n) is 9.27. The predicted molar refractivity (Wildman–Crippen MR) is 115 cm³/mol. The number of hydrazone groups is 1.